The first-order valence-electron chi connectivity index (χ1n) is 9.99. The van der Waals surface area contributed by atoms with Gasteiger partial charge in [0.2, 0.25) is 0 Å². The number of hydrogen-bond acceptors (Lipinski definition) is 6. The van der Waals surface area contributed by atoms with Crippen LogP contribution < -0.4 is 10.6 Å². The van der Waals surface area contributed by atoms with Crippen molar-refractivity contribution in [2.75, 3.05) is 10.6 Å². The molecule has 0 radical (unpaired) electrons. The van der Waals surface area contributed by atoms with Gasteiger partial charge in [-0.05, 0) is 61.4 Å². The molecular weight excluding hydrogens is 403 g/mol. The molecule has 31 heavy (non-hydrogen) atoms. The largest absolute Gasteiger partial charge is 0.481 e. The van der Waals surface area contributed by atoms with Crippen molar-refractivity contribution in [3.05, 3.63) is 65.8 Å². The fraction of sp³-hybridized carbons (Fsp3) is 0.273. The highest BCUT2D eigenvalue weighted by molar-refractivity contribution is 6.00. The zero-order chi connectivity index (χ0) is 21.8. The lowest BCUT2D eigenvalue weighted by Gasteiger charge is -2.26. The molecule has 1 aromatic heterocycles. The molecule has 8 nitrogen and oxygen atoms in total. The Balaban J connectivity index is 1.34. The number of amides is 1. The molecule has 1 saturated carbocycles. The number of para-hydroxylation sites is 1. The topological polar surface area (TPSA) is 117 Å². The highest BCUT2D eigenvalue weighted by Gasteiger charge is 2.26. The Kier molecular flexibility index (Phi) is 5.92. The number of carbonyl (C=O) groups excluding carboxylic acids is 1. The second-order valence-electron chi connectivity index (χ2n) is 7.48. The van der Waals surface area contributed by atoms with E-state index in [9.17, 15) is 14.0 Å². The zero-order valence-electron chi connectivity index (χ0n) is 16.5. The summed E-state index contributed by atoms with van der Waals surface area (Å²) < 4.78 is 19.0. The minimum atomic E-state index is -0.718. The summed E-state index contributed by atoms with van der Waals surface area (Å²) in [5.41, 5.74) is 1.84. The summed E-state index contributed by atoms with van der Waals surface area (Å²) in [6, 6.07) is 13.3. The van der Waals surface area contributed by atoms with Gasteiger partial charge in [0, 0.05) is 5.69 Å². The van der Waals surface area contributed by atoms with Crippen molar-refractivity contribution in [3.63, 3.8) is 0 Å². The number of hydrogen-bond donors (Lipinski definition) is 3. The summed E-state index contributed by atoms with van der Waals surface area (Å²) in [5.74, 6) is -1.96. The molecule has 0 bridgehead atoms. The number of carboxylic acids is 1. The van der Waals surface area contributed by atoms with E-state index >= 15 is 0 Å². The molecule has 1 amide bonds. The SMILES string of the molecule is O=C(Nc1ccc([C@H]2CC[C@H](C(=O)O)CC2)cc1)c1nnc(Nc2ccccc2F)o1. The maximum absolute atomic E-state index is 13.7. The molecule has 0 atom stereocenters. The molecule has 1 aliphatic carbocycles. The molecular formula is C22H21FN4O4. The van der Waals surface area contributed by atoms with Gasteiger partial charge in [0.15, 0.2) is 0 Å². The third-order valence-electron chi connectivity index (χ3n) is 5.45. The van der Waals surface area contributed by atoms with Crippen LogP contribution in [-0.2, 0) is 4.79 Å². The summed E-state index contributed by atoms with van der Waals surface area (Å²) in [4.78, 5) is 23.5. The van der Waals surface area contributed by atoms with Gasteiger partial charge in [-0.15, -0.1) is 5.10 Å². The smallest absolute Gasteiger partial charge is 0.320 e. The standard InChI is InChI=1S/C22H21FN4O4/c23-17-3-1-2-4-18(17)25-22-27-26-20(31-22)19(28)24-16-11-9-14(10-12-16)13-5-7-15(8-6-13)21(29)30/h1-4,9-13,15H,5-8H2,(H,24,28)(H,25,27)(H,29,30)/t13-,15-. The van der Waals surface area contributed by atoms with E-state index in [1.165, 1.54) is 12.1 Å². The molecule has 9 heteroatoms. The van der Waals surface area contributed by atoms with Crippen LogP contribution in [0, 0.1) is 11.7 Å². The maximum Gasteiger partial charge on any atom is 0.320 e. The lowest BCUT2D eigenvalue weighted by Crippen LogP contribution is -2.20. The molecule has 1 fully saturated rings. The minimum Gasteiger partial charge on any atom is -0.481 e. The summed E-state index contributed by atoms with van der Waals surface area (Å²) in [7, 11) is 0. The lowest BCUT2D eigenvalue weighted by molar-refractivity contribution is -0.142. The average molecular weight is 424 g/mol. The van der Waals surface area contributed by atoms with Gasteiger partial charge in [-0.2, -0.15) is 0 Å². The maximum atomic E-state index is 13.7. The van der Waals surface area contributed by atoms with Crippen LogP contribution in [0.15, 0.2) is 52.9 Å². The number of halogens is 1. The summed E-state index contributed by atoms with van der Waals surface area (Å²) in [6.45, 7) is 0. The van der Waals surface area contributed by atoms with Crippen molar-refractivity contribution in [2.45, 2.75) is 31.6 Å². The first kappa shape index (κ1) is 20.5. The number of nitrogens with one attached hydrogen (secondary N) is 2. The Bertz CT molecular complexity index is 1080. The van der Waals surface area contributed by atoms with E-state index in [1.807, 2.05) is 12.1 Å². The molecule has 0 saturated heterocycles. The minimum absolute atomic E-state index is 0.0949. The van der Waals surface area contributed by atoms with Crippen LogP contribution in [0.5, 0.6) is 0 Å². The highest BCUT2D eigenvalue weighted by Crippen LogP contribution is 2.36. The van der Waals surface area contributed by atoms with Crippen molar-refractivity contribution in [3.8, 4) is 0 Å². The molecule has 3 aromatic rings. The first-order chi connectivity index (χ1) is 15.0. The molecule has 1 aliphatic rings. The van der Waals surface area contributed by atoms with Gasteiger partial charge in [0.25, 0.3) is 0 Å². The highest BCUT2D eigenvalue weighted by atomic mass is 19.1. The molecule has 3 N–H and O–H groups in total. The number of aromatic nitrogens is 2. The number of carboxylic acid groups (broad SMARTS) is 1. The predicted octanol–water partition coefficient (Wildman–Crippen LogP) is 4.56. The van der Waals surface area contributed by atoms with E-state index in [2.05, 4.69) is 20.8 Å². The van der Waals surface area contributed by atoms with Gasteiger partial charge in [0.1, 0.15) is 5.82 Å². The van der Waals surface area contributed by atoms with Gasteiger partial charge in [-0.25, -0.2) is 4.39 Å². The third kappa shape index (κ3) is 4.88. The van der Waals surface area contributed by atoms with Crippen LogP contribution in [0.25, 0.3) is 0 Å². The van der Waals surface area contributed by atoms with Crippen LogP contribution >= 0.6 is 0 Å². The number of benzene rings is 2. The third-order valence-corrected chi connectivity index (χ3v) is 5.45. The summed E-state index contributed by atoms with van der Waals surface area (Å²) >= 11 is 0. The first-order valence-corrected chi connectivity index (χ1v) is 9.99. The Morgan fingerprint density at radius 3 is 2.39 bits per heavy atom. The van der Waals surface area contributed by atoms with E-state index in [-0.39, 0.29) is 23.5 Å². The van der Waals surface area contributed by atoms with Crippen molar-refractivity contribution >= 4 is 29.3 Å². The fourth-order valence-corrected chi connectivity index (χ4v) is 3.74. The van der Waals surface area contributed by atoms with Crippen LogP contribution in [0.2, 0.25) is 0 Å². The Morgan fingerprint density at radius 2 is 1.71 bits per heavy atom. The molecule has 0 spiro atoms. The molecule has 2 aromatic carbocycles. The van der Waals surface area contributed by atoms with Gasteiger partial charge in [-0.1, -0.05) is 29.4 Å². The van der Waals surface area contributed by atoms with E-state index < -0.39 is 17.7 Å². The van der Waals surface area contributed by atoms with Gasteiger partial charge < -0.3 is 20.2 Å². The van der Waals surface area contributed by atoms with Gasteiger partial charge in [-0.3, -0.25) is 9.59 Å². The summed E-state index contributed by atoms with van der Waals surface area (Å²) in [6.07, 6.45) is 3.03. The van der Waals surface area contributed by atoms with E-state index in [4.69, 9.17) is 9.52 Å². The number of carbonyl (C=O) groups is 2. The predicted molar refractivity (Wildman–Crippen MR) is 111 cm³/mol. The average Bonchev–Trinajstić information content (AvgIpc) is 3.25. The van der Waals surface area contributed by atoms with Gasteiger partial charge >= 0.3 is 23.8 Å². The van der Waals surface area contributed by atoms with Crippen LogP contribution in [-0.4, -0.2) is 27.2 Å². The number of rotatable bonds is 6. The van der Waals surface area contributed by atoms with Crippen molar-refractivity contribution in [1.82, 2.24) is 10.2 Å². The summed E-state index contributed by atoms with van der Waals surface area (Å²) in [5, 5.41) is 21.8. The Labute approximate surface area is 177 Å². The van der Waals surface area contributed by atoms with E-state index in [1.54, 1.807) is 24.3 Å². The lowest BCUT2D eigenvalue weighted by atomic mass is 9.79. The van der Waals surface area contributed by atoms with Crippen molar-refractivity contribution in [2.24, 2.45) is 5.92 Å². The molecule has 1 heterocycles. The molecule has 4 rings (SSSR count). The fourth-order valence-electron chi connectivity index (χ4n) is 3.74. The second kappa shape index (κ2) is 8.95. The molecule has 0 unspecified atom stereocenters. The number of aliphatic carboxylic acids is 1. The van der Waals surface area contributed by atoms with E-state index in [0.717, 1.165) is 18.4 Å². The molecule has 160 valence electrons. The quantitative estimate of drug-likeness (QED) is 0.531. The molecule has 0 aliphatic heterocycles. The monoisotopic (exact) mass is 424 g/mol. The number of nitrogens with zero attached hydrogens (tertiary/aromatic N) is 2. The Morgan fingerprint density at radius 1 is 1.00 bits per heavy atom. The van der Waals surface area contributed by atoms with Crippen molar-refractivity contribution < 1.29 is 23.5 Å². The van der Waals surface area contributed by atoms with Crippen LogP contribution in [0.4, 0.5) is 21.8 Å². The van der Waals surface area contributed by atoms with Gasteiger partial charge in [0.05, 0.1) is 11.6 Å². The van der Waals surface area contributed by atoms with Crippen molar-refractivity contribution in [1.29, 1.82) is 0 Å². The van der Waals surface area contributed by atoms with E-state index in [0.29, 0.717) is 24.4 Å². The second-order valence-corrected chi connectivity index (χ2v) is 7.48. The zero-order valence-corrected chi connectivity index (χ0v) is 16.5. The normalized spacial score (nSPS) is 18.4. The number of anilines is 3. The van der Waals surface area contributed by atoms with Crippen LogP contribution in [0.1, 0.15) is 47.8 Å². The Hall–Kier alpha value is -3.75. The van der Waals surface area contributed by atoms with Crippen LogP contribution in [0.3, 0.4) is 0 Å².